The summed E-state index contributed by atoms with van der Waals surface area (Å²) in [5.74, 6) is 1.03. The average Bonchev–Trinajstić information content (AvgIpc) is 3.00. The maximum Gasteiger partial charge on any atom is 0.131 e. The van der Waals surface area contributed by atoms with Crippen molar-refractivity contribution < 1.29 is 0 Å². The Morgan fingerprint density at radius 3 is 2.76 bits per heavy atom. The minimum atomic E-state index is 0.590. The van der Waals surface area contributed by atoms with Gasteiger partial charge in [0.2, 0.25) is 0 Å². The average molecular weight is 252 g/mol. The summed E-state index contributed by atoms with van der Waals surface area (Å²) < 4.78 is 0. The second-order valence-electron chi connectivity index (χ2n) is 4.95. The van der Waals surface area contributed by atoms with Gasteiger partial charge >= 0.3 is 0 Å². The molecular weight excluding hydrogens is 234 g/mol. The zero-order valence-electron chi connectivity index (χ0n) is 9.98. The summed E-state index contributed by atoms with van der Waals surface area (Å²) in [6.45, 7) is 4.77. The molecule has 2 saturated heterocycles. The van der Waals surface area contributed by atoms with Crippen molar-refractivity contribution in [1.82, 2.24) is 9.88 Å². The van der Waals surface area contributed by atoms with E-state index in [1.54, 1.807) is 0 Å². The van der Waals surface area contributed by atoms with E-state index >= 15 is 0 Å². The molecule has 3 rings (SSSR count). The number of pyridine rings is 1. The van der Waals surface area contributed by atoms with Crippen molar-refractivity contribution in [1.29, 1.82) is 0 Å². The van der Waals surface area contributed by atoms with Gasteiger partial charge in [-0.2, -0.15) is 0 Å². The van der Waals surface area contributed by atoms with Crippen molar-refractivity contribution in [3.8, 4) is 0 Å². The fraction of sp³-hybridized carbons (Fsp3) is 0.615. The highest BCUT2D eigenvalue weighted by Gasteiger charge is 2.29. The Bertz CT molecular complexity index is 390. The summed E-state index contributed by atoms with van der Waals surface area (Å²) in [6, 6.07) is 6.59. The summed E-state index contributed by atoms with van der Waals surface area (Å²) in [6.07, 6.45) is 3.99. The number of hydrogen-bond donors (Lipinski definition) is 0. The van der Waals surface area contributed by atoms with E-state index in [1.807, 2.05) is 12.1 Å². The lowest BCUT2D eigenvalue weighted by molar-refractivity contribution is 0.260. The predicted molar refractivity (Wildman–Crippen MR) is 70.7 cm³/mol. The standard InChI is InChI=1S/C13H18ClN3/c14-12-4-3-5-13(15-12)17-9-6-11(10-17)16-7-1-2-8-16/h3-5,11H,1-2,6-10H2. The third-order valence-corrected chi connectivity index (χ3v) is 4.06. The van der Waals surface area contributed by atoms with Crippen LogP contribution in [0.5, 0.6) is 0 Å². The number of anilines is 1. The Morgan fingerprint density at radius 2 is 2.00 bits per heavy atom. The Kier molecular flexibility index (Phi) is 3.21. The minimum absolute atomic E-state index is 0.590. The number of hydrogen-bond acceptors (Lipinski definition) is 3. The van der Waals surface area contributed by atoms with Gasteiger partial charge in [0.25, 0.3) is 0 Å². The third-order valence-electron chi connectivity index (χ3n) is 3.84. The molecule has 0 saturated carbocycles. The van der Waals surface area contributed by atoms with Gasteiger partial charge in [0, 0.05) is 19.1 Å². The number of likely N-dealkylation sites (tertiary alicyclic amines) is 1. The molecule has 4 heteroatoms. The van der Waals surface area contributed by atoms with Gasteiger partial charge in [0.05, 0.1) is 0 Å². The van der Waals surface area contributed by atoms with Crippen LogP contribution in [0.15, 0.2) is 18.2 Å². The molecule has 0 radical (unpaired) electrons. The van der Waals surface area contributed by atoms with Crippen LogP contribution in [0.25, 0.3) is 0 Å². The topological polar surface area (TPSA) is 19.4 Å². The Hall–Kier alpha value is -0.800. The summed E-state index contributed by atoms with van der Waals surface area (Å²) in [4.78, 5) is 9.37. The molecule has 1 aromatic rings. The van der Waals surface area contributed by atoms with Gasteiger partial charge in [-0.1, -0.05) is 17.7 Å². The Morgan fingerprint density at radius 1 is 1.18 bits per heavy atom. The molecular formula is C13H18ClN3. The largest absolute Gasteiger partial charge is 0.355 e. The molecule has 1 atom stereocenters. The molecule has 2 aliphatic heterocycles. The van der Waals surface area contributed by atoms with Gasteiger partial charge in [-0.15, -0.1) is 0 Å². The second kappa shape index (κ2) is 4.83. The number of halogens is 1. The Balaban J connectivity index is 1.67. The highest BCUT2D eigenvalue weighted by molar-refractivity contribution is 6.29. The molecule has 92 valence electrons. The van der Waals surface area contributed by atoms with Crippen LogP contribution in [0.3, 0.4) is 0 Å². The fourth-order valence-corrected chi connectivity index (χ4v) is 3.09. The van der Waals surface area contributed by atoms with E-state index in [9.17, 15) is 0 Å². The molecule has 1 aromatic heterocycles. The minimum Gasteiger partial charge on any atom is -0.355 e. The van der Waals surface area contributed by atoms with Crippen LogP contribution < -0.4 is 4.90 Å². The van der Waals surface area contributed by atoms with Crippen LogP contribution in [-0.2, 0) is 0 Å². The van der Waals surface area contributed by atoms with Gasteiger partial charge in [-0.05, 0) is 44.5 Å². The molecule has 1 unspecified atom stereocenters. The number of aromatic nitrogens is 1. The van der Waals surface area contributed by atoms with Crippen molar-refractivity contribution >= 4 is 17.4 Å². The van der Waals surface area contributed by atoms with Crippen LogP contribution in [-0.4, -0.2) is 42.1 Å². The summed E-state index contributed by atoms with van der Waals surface area (Å²) in [5.41, 5.74) is 0. The van der Waals surface area contributed by atoms with E-state index in [-0.39, 0.29) is 0 Å². The number of rotatable bonds is 2. The smallest absolute Gasteiger partial charge is 0.131 e. The van der Waals surface area contributed by atoms with E-state index in [0.717, 1.165) is 24.9 Å². The first kappa shape index (κ1) is 11.3. The van der Waals surface area contributed by atoms with Crippen molar-refractivity contribution in [3.05, 3.63) is 23.4 Å². The monoisotopic (exact) mass is 251 g/mol. The molecule has 0 N–H and O–H groups in total. The highest BCUT2D eigenvalue weighted by Crippen LogP contribution is 2.24. The zero-order valence-corrected chi connectivity index (χ0v) is 10.7. The molecule has 3 nitrogen and oxygen atoms in total. The molecule has 0 amide bonds. The van der Waals surface area contributed by atoms with Gasteiger partial charge in [-0.3, -0.25) is 4.90 Å². The first-order valence-corrected chi connectivity index (χ1v) is 6.82. The van der Waals surface area contributed by atoms with Crippen LogP contribution >= 0.6 is 11.6 Å². The Labute approximate surface area is 107 Å². The van der Waals surface area contributed by atoms with Crippen LogP contribution in [0.2, 0.25) is 5.15 Å². The van der Waals surface area contributed by atoms with Crippen molar-refractivity contribution in [2.24, 2.45) is 0 Å². The van der Waals surface area contributed by atoms with E-state index in [4.69, 9.17) is 11.6 Å². The van der Waals surface area contributed by atoms with Crippen molar-refractivity contribution in [2.75, 3.05) is 31.1 Å². The van der Waals surface area contributed by atoms with Crippen LogP contribution in [0.1, 0.15) is 19.3 Å². The third kappa shape index (κ3) is 2.40. The SMILES string of the molecule is Clc1cccc(N2CCC(N3CCCC3)C2)n1. The van der Waals surface area contributed by atoms with E-state index in [2.05, 4.69) is 20.9 Å². The molecule has 3 heterocycles. The molecule has 0 spiro atoms. The molecule has 2 fully saturated rings. The lowest BCUT2D eigenvalue weighted by Crippen LogP contribution is -2.35. The summed E-state index contributed by atoms with van der Waals surface area (Å²) >= 11 is 5.94. The maximum absolute atomic E-state index is 5.94. The summed E-state index contributed by atoms with van der Waals surface area (Å²) in [7, 11) is 0. The van der Waals surface area contributed by atoms with Gasteiger partial charge in [0.1, 0.15) is 11.0 Å². The lowest BCUT2D eigenvalue weighted by atomic mass is 10.2. The number of nitrogens with zero attached hydrogens (tertiary/aromatic N) is 3. The van der Waals surface area contributed by atoms with Crippen molar-refractivity contribution in [3.63, 3.8) is 0 Å². The van der Waals surface area contributed by atoms with Gasteiger partial charge < -0.3 is 4.90 Å². The van der Waals surface area contributed by atoms with Gasteiger partial charge in [-0.25, -0.2) is 4.98 Å². The fourth-order valence-electron chi connectivity index (χ4n) is 2.93. The van der Waals surface area contributed by atoms with Crippen LogP contribution in [0, 0.1) is 0 Å². The molecule has 17 heavy (non-hydrogen) atoms. The van der Waals surface area contributed by atoms with E-state index in [1.165, 1.54) is 32.4 Å². The molecule has 0 aliphatic carbocycles. The second-order valence-corrected chi connectivity index (χ2v) is 5.34. The van der Waals surface area contributed by atoms with Crippen molar-refractivity contribution in [2.45, 2.75) is 25.3 Å². The quantitative estimate of drug-likeness (QED) is 0.753. The first-order valence-electron chi connectivity index (χ1n) is 6.44. The molecule has 0 aromatic carbocycles. The zero-order chi connectivity index (χ0) is 11.7. The molecule has 0 bridgehead atoms. The van der Waals surface area contributed by atoms with E-state index < -0.39 is 0 Å². The van der Waals surface area contributed by atoms with Crippen LogP contribution in [0.4, 0.5) is 5.82 Å². The maximum atomic E-state index is 5.94. The van der Waals surface area contributed by atoms with E-state index in [0.29, 0.717) is 5.15 Å². The first-order chi connectivity index (χ1) is 8.33. The summed E-state index contributed by atoms with van der Waals surface area (Å²) in [5, 5.41) is 0.590. The highest BCUT2D eigenvalue weighted by atomic mass is 35.5. The van der Waals surface area contributed by atoms with Gasteiger partial charge in [0.15, 0.2) is 0 Å². The normalized spacial score (nSPS) is 25.7. The molecule has 2 aliphatic rings. The predicted octanol–water partition coefficient (Wildman–Crippen LogP) is 2.41. The lowest BCUT2D eigenvalue weighted by Gasteiger charge is -2.24.